The Labute approximate surface area is 123 Å². The van der Waals surface area contributed by atoms with Crippen molar-refractivity contribution in [2.45, 2.75) is 72.4 Å². The molecule has 2 N–H and O–H groups in total. The summed E-state index contributed by atoms with van der Waals surface area (Å²) in [5.74, 6) is 1.10. The fourth-order valence-corrected chi connectivity index (χ4v) is 3.20. The van der Waals surface area contributed by atoms with Crippen LogP contribution in [0.2, 0.25) is 0 Å². The van der Waals surface area contributed by atoms with Gasteiger partial charge < -0.3 is 10.6 Å². The summed E-state index contributed by atoms with van der Waals surface area (Å²) in [5, 5.41) is 4.60. The Morgan fingerprint density at radius 1 is 1.30 bits per heavy atom. The van der Waals surface area contributed by atoms with Gasteiger partial charge in [-0.05, 0) is 51.9 Å². The summed E-state index contributed by atoms with van der Waals surface area (Å²) in [6.07, 6.45) is 5.06. The van der Waals surface area contributed by atoms with E-state index in [9.17, 15) is 0 Å². The lowest BCUT2D eigenvalue weighted by molar-refractivity contribution is 0.221. The first-order chi connectivity index (χ1) is 9.23. The molecule has 1 aromatic heterocycles. The summed E-state index contributed by atoms with van der Waals surface area (Å²) in [7, 11) is 2.18. The van der Waals surface area contributed by atoms with Crippen LogP contribution in [0.25, 0.3) is 0 Å². The van der Waals surface area contributed by atoms with Crippen molar-refractivity contribution in [1.82, 2.24) is 9.78 Å². The summed E-state index contributed by atoms with van der Waals surface area (Å²) >= 11 is 0. The lowest BCUT2D eigenvalue weighted by Gasteiger charge is -2.39. The molecule has 1 fully saturated rings. The normalized spacial score (nSPS) is 19.6. The molecule has 4 heteroatoms. The number of hydrogen-bond acceptors (Lipinski definition) is 3. The fraction of sp³-hybridized carbons (Fsp3) is 0.812. The molecule has 0 spiro atoms. The zero-order chi connectivity index (χ0) is 15.1. The number of hydrogen-bond donors (Lipinski definition) is 1. The SMILES string of the molecule is Cc1nn(C(C)C)c(N(C)C2CCC(C)(C)CC2)c1N. The van der Waals surface area contributed by atoms with Gasteiger partial charge in [-0.1, -0.05) is 13.8 Å². The number of anilines is 2. The van der Waals surface area contributed by atoms with E-state index < -0.39 is 0 Å². The van der Waals surface area contributed by atoms with Crippen molar-refractivity contribution in [3.63, 3.8) is 0 Å². The van der Waals surface area contributed by atoms with Gasteiger partial charge in [0, 0.05) is 19.1 Å². The van der Waals surface area contributed by atoms with Crippen LogP contribution in [0.1, 0.15) is 65.1 Å². The number of nitrogens with two attached hydrogens (primary N) is 1. The standard InChI is InChI=1S/C16H30N4/c1-11(2)20-15(14(17)12(3)18-20)19(6)13-7-9-16(4,5)10-8-13/h11,13H,7-10,17H2,1-6H3. The molecule has 0 aromatic carbocycles. The van der Waals surface area contributed by atoms with Gasteiger partial charge in [0.2, 0.25) is 0 Å². The number of aryl methyl sites for hydroxylation is 1. The van der Waals surface area contributed by atoms with E-state index in [4.69, 9.17) is 5.73 Å². The molecule has 1 aliphatic carbocycles. The first-order valence-electron chi connectivity index (χ1n) is 7.80. The molecule has 2 rings (SSSR count). The minimum Gasteiger partial charge on any atom is -0.394 e. The fourth-order valence-electron chi connectivity index (χ4n) is 3.20. The van der Waals surface area contributed by atoms with Crippen molar-refractivity contribution in [2.24, 2.45) is 5.41 Å². The lowest BCUT2D eigenvalue weighted by atomic mass is 9.75. The van der Waals surface area contributed by atoms with Crippen LogP contribution in [-0.2, 0) is 0 Å². The van der Waals surface area contributed by atoms with Gasteiger partial charge in [-0.15, -0.1) is 0 Å². The van der Waals surface area contributed by atoms with Gasteiger partial charge in [-0.3, -0.25) is 0 Å². The highest BCUT2D eigenvalue weighted by Crippen LogP contribution is 2.39. The van der Waals surface area contributed by atoms with Crippen molar-refractivity contribution in [1.29, 1.82) is 0 Å². The zero-order valence-electron chi connectivity index (χ0n) is 13.9. The molecule has 4 nitrogen and oxygen atoms in total. The van der Waals surface area contributed by atoms with Gasteiger partial charge in [-0.2, -0.15) is 5.10 Å². The smallest absolute Gasteiger partial charge is 0.150 e. The Morgan fingerprint density at radius 2 is 1.85 bits per heavy atom. The predicted octanol–water partition coefficient (Wildman–Crippen LogP) is 3.76. The van der Waals surface area contributed by atoms with Crippen molar-refractivity contribution in [3.8, 4) is 0 Å². The Kier molecular flexibility index (Phi) is 4.03. The van der Waals surface area contributed by atoms with E-state index >= 15 is 0 Å². The number of aromatic nitrogens is 2. The molecule has 1 aliphatic rings. The van der Waals surface area contributed by atoms with E-state index in [1.807, 2.05) is 6.92 Å². The summed E-state index contributed by atoms with van der Waals surface area (Å²) in [5.41, 5.74) is 8.55. The zero-order valence-corrected chi connectivity index (χ0v) is 13.9. The quantitative estimate of drug-likeness (QED) is 0.915. The second kappa shape index (κ2) is 5.30. The Bertz CT molecular complexity index is 463. The molecule has 0 aliphatic heterocycles. The van der Waals surface area contributed by atoms with Crippen molar-refractivity contribution < 1.29 is 0 Å². The number of rotatable bonds is 3. The molecule has 1 aromatic rings. The minimum absolute atomic E-state index is 0.337. The molecular weight excluding hydrogens is 248 g/mol. The molecule has 0 amide bonds. The van der Waals surface area contributed by atoms with Crippen molar-refractivity contribution in [2.75, 3.05) is 17.7 Å². The summed E-state index contributed by atoms with van der Waals surface area (Å²) in [4.78, 5) is 2.37. The largest absolute Gasteiger partial charge is 0.394 e. The van der Waals surface area contributed by atoms with E-state index in [1.165, 1.54) is 25.7 Å². The van der Waals surface area contributed by atoms with E-state index in [0.29, 0.717) is 17.5 Å². The van der Waals surface area contributed by atoms with Gasteiger partial charge in [0.15, 0.2) is 5.82 Å². The third-order valence-corrected chi connectivity index (χ3v) is 4.79. The van der Waals surface area contributed by atoms with Crippen LogP contribution in [0.5, 0.6) is 0 Å². The Balaban J connectivity index is 2.23. The molecule has 0 bridgehead atoms. The molecule has 0 atom stereocenters. The highest BCUT2D eigenvalue weighted by Gasteiger charge is 2.31. The third kappa shape index (κ3) is 2.79. The summed E-state index contributed by atoms with van der Waals surface area (Å²) in [6.45, 7) is 11.1. The average Bonchev–Trinajstić information content (AvgIpc) is 2.65. The maximum Gasteiger partial charge on any atom is 0.150 e. The highest BCUT2D eigenvalue weighted by atomic mass is 15.4. The van der Waals surface area contributed by atoms with Crippen LogP contribution in [0.15, 0.2) is 0 Å². The van der Waals surface area contributed by atoms with Crippen LogP contribution < -0.4 is 10.6 Å². The van der Waals surface area contributed by atoms with E-state index in [1.54, 1.807) is 0 Å². The number of nitrogen functional groups attached to an aromatic ring is 1. The Hall–Kier alpha value is -1.19. The lowest BCUT2D eigenvalue weighted by Crippen LogP contribution is -2.38. The molecule has 0 radical (unpaired) electrons. The van der Waals surface area contributed by atoms with Gasteiger partial charge in [0.05, 0.1) is 11.4 Å². The van der Waals surface area contributed by atoms with Crippen LogP contribution in [0.3, 0.4) is 0 Å². The summed E-state index contributed by atoms with van der Waals surface area (Å²) in [6, 6.07) is 0.919. The van der Waals surface area contributed by atoms with E-state index in [-0.39, 0.29) is 0 Å². The summed E-state index contributed by atoms with van der Waals surface area (Å²) < 4.78 is 2.07. The van der Waals surface area contributed by atoms with Crippen molar-refractivity contribution in [3.05, 3.63) is 5.69 Å². The molecule has 0 unspecified atom stereocenters. The van der Waals surface area contributed by atoms with Crippen LogP contribution in [-0.4, -0.2) is 22.9 Å². The van der Waals surface area contributed by atoms with Gasteiger partial charge in [0.25, 0.3) is 0 Å². The van der Waals surface area contributed by atoms with Crippen LogP contribution in [0.4, 0.5) is 11.5 Å². The van der Waals surface area contributed by atoms with Crippen LogP contribution in [0, 0.1) is 12.3 Å². The monoisotopic (exact) mass is 278 g/mol. The first-order valence-corrected chi connectivity index (χ1v) is 7.80. The maximum absolute atomic E-state index is 6.28. The predicted molar refractivity (Wildman–Crippen MR) is 86.2 cm³/mol. The molecule has 1 saturated carbocycles. The van der Waals surface area contributed by atoms with Gasteiger partial charge >= 0.3 is 0 Å². The second-order valence-corrected chi connectivity index (χ2v) is 7.37. The topological polar surface area (TPSA) is 47.1 Å². The van der Waals surface area contributed by atoms with Gasteiger partial charge in [0.1, 0.15) is 0 Å². The van der Waals surface area contributed by atoms with E-state index in [0.717, 1.165) is 17.2 Å². The molecule has 1 heterocycles. The second-order valence-electron chi connectivity index (χ2n) is 7.37. The minimum atomic E-state index is 0.337. The van der Waals surface area contributed by atoms with Crippen molar-refractivity contribution >= 4 is 11.5 Å². The first kappa shape index (κ1) is 15.2. The third-order valence-electron chi connectivity index (χ3n) is 4.79. The maximum atomic E-state index is 6.28. The number of nitrogens with zero attached hydrogens (tertiary/aromatic N) is 3. The average molecular weight is 278 g/mol. The molecular formula is C16H30N4. The highest BCUT2D eigenvalue weighted by molar-refractivity contribution is 5.66. The molecule has 114 valence electrons. The molecule has 20 heavy (non-hydrogen) atoms. The van der Waals surface area contributed by atoms with Gasteiger partial charge in [-0.25, -0.2) is 4.68 Å². The van der Waals surface area contributed by atoms with E-state index in [2.05, 4.69) is 49.4 Å². The van der Waals surface area contributed by atoms with Crippen LogP contribution >= 0.6 is 0 Å². The Morgan fingerprint density at radius 3 is 2.35 bits per heavy atom. The molecule has 0 saturated heterocycles.